The number of amides is 2. The van der Waals surface area contributed by atoms with Crippen LogP contribution in [0.2, 0.25) is 0 Å². The Labute approximate surface area is 94.9 Å². The molecule has 1 aromatic carbocycles. The van der Waals surface area contributed by atoms with Gasteiger partial charge in [-0.1, -0.05) is 18.2 Å². The van der Waals surface area contributed by atoms with Gasteiger partial charge in [-0.25, -0.2) is 4.79 Å². The molecule has 0 aromatic heterocycles. The van der Waals surface area contributed by atoms with Crippen molar-refractivity contribution >= 4 is 17.4 Å². The highest BCUT2D eigenvalue weighted by Crippen LogP contribution is 2.25. The third kappa shape index (κ3) is 1.74. The van der Waals surface area contributed by atoms with Gasteiger partial charge in [-0.05, 0) is 12.1 Å². The number of urea groups is 1. The Morgan fingerprint density at radius 2 is 2.12 bits per heavy atom. The summed E-state index contributed by atoms with van der Waals surface area (Å²) in [6.07, 6.45) is 1.73. The van der Waals surface area contributed by atoms with Gasteiger partial charge in [-0.3, -0.25) is 4.90 Å². The Kier molecular flexibility index (Phi) is 2.81. The fraction of sp³-hybridized carbons (Fsp3) is 0.250. The average molecular weight is 217 g/mol. The quantitative estimate of drug-likeness (QED) is 0.618. The predicted molar refractivity (Wildman–Crippen MR) is 65.4 cm³/mol. The van der Waals surface area contributed by atoms with Gasteiger partial charge < -0.3 is 10.6 Å². The number of anilines is 2. The maximum absolute atomic E-state index is 12.0. The number of hydrogen-bond donors (Lipinski definition) is 1. The molecule has 1 aliphatic heterocycles. The van der Waals surface area contributed by atoms with E-state index in [4.69, 9.17) is 5.73 Å². The third-order valence-corrected chi connectivity index (χ3v) is 2.67. The maximum Gasteiger partial charge on any atom is 0.324 e. The summed E-state index contributed by atoms with van der Waals surface area (Å²) in [5, 5.41) is 0. The van der Waals surface area contributed by atoms with Crippen LogP contribution >= 0.6 is 0 Å². The standard InChI is InChI=1S/C12H15N3O/c1-2-7-14-8-9-15(12(14)16)11-6-4-3-5-10(11)13/h2-6H,1,7-9,13H2. The Balaban J connectivity index is 2.22. The first-order valence-corrected chi connectivity index (χ1v) is 5.26. The van der Waals surface area contributed by atoms with Gasteiger partial charge >= 0.3 is 6.03 Å². The molecule has 0 radical (unpaired) electrons. The van der Waals surface area contributed by atoms with Crippen LogP contribution in [0.25, 0.3) is 0 Å². The normalized spacial score (nSPS) is 15.6. The fourth-order valence-electron chi connectivity index (χ4n) is 1.86. The second-order valence-corrected chi connectivity index (χ2v) is 3.73. The largest absolute Gasteiger partial charge is 0.397 e. The number of carbonyl (C=O) groups is 1. The molecular formula is C12H15N3O. The van der Waals surface area contributed by atoms with Crippen LogP contribution in [0, 0.1) is 0 Å². The predicted octanol–water partition coefficient (Wildman–Crippen LogP) is 1.70. The van der Waals surface area contributed by atoms with E-state index in [2.05, 4.69) is 6.58 Å². The van der Waals surface area contributed by atoms with Crippen molar-refractivity contribution in [2.75, 3.05) is 30.3 Å². The summed E-state index contributed by atoms with van der Waals surface area (Å²) in [6.45, 7) is 5.63. The molecule has 1 fully saturated rings. The molecule has 0 saturated carbocycles. The summed E-state index contributed by atoms with van der Waals surface area (Å²) in [6, 6.07) is 7.41. The van der Waals surface area contributed by atoms with Crippen LogP contribution in [0.1, 0.15) is 0 Å². The summed E-state index contributed by atoms with van der Waals surface area (Å²) >= 11 is 0. The highest BCUT2D eigenvalue weighted by molar-refractivity contribution is 5.97. The smallest absolute Gasteiger partial charge is 0.324 e. The van der Waals surface area contributed by atoms with Crippen molar-refractivity contribution in [1.29, 1.82) is 0 Å². The lowest BCUT2D eigenvalue weighted by molar-refractivity contribution is 0.225. The maximum atomic E-state index is 12.0. The van der Waals surface area contributed by atoms with Crippen LogP contribution in [-0.4, -0.2) is 30.6 Å². The summed E-state index contributed by atoms with van der Waals surface area (Å²) in [5.74, 6) is 0. The van der Waals surface area contributed by atoms with Crippen molar-refractivity contribution in [1.82, 2.24) is 4.90 Å². The summed E-state index contributed by atoms with van der Waals surface area (Å²) in [5.41, 5.74) is 7.28. The molecule has 2 N–H and O–H groups in total. The lowest BCUT2D eigenvalue weighted by atomic mass is 10.2. The summed E-state index contributed by atoms with van der Waals surface area (Å²) < 4.78 is 0. The van der Waals surface area contributed by atoms with E-state index in [0.29, 0.717) is 18.8 Å². The molecule has 1 saturated heterocycles. The third-order valence-electron chi connectivity index (χ3n) is 2.67. The van der Waals surface area contributed by atoms with Gasteiger partial charge in [0.05, 0.1) is 11.4 Å². The first-order valence-electron chi connectivity index (χ1n) is 5.26. The molecule has 1 aromatic rings. The second-order valence-electron chi connectivity index (χ2n) is 3.73. The van der Waals surface area contributed by atoms with Gasteiger partial charge in [-0.15, -0.1) is 6.58 Å². The number of nitrogens with zero attached hydrogens (tertiary/aromatic N) is 2. The van der Waals surface area contributed by atoms with Crippen LogP contribution in [0.5, 0.6) is 0 Å². The van der Waals surface area contributed by atoms with Gasteiger partial charge in [0.25, 0.3) is 0 Å². The van der Waals surface area contributed by atoms with E-state index in [-0.39, 0.29) is 6.03 Å². The van der Waals surface area contributed by atoms with Crippen molar-refractivity contribution in [2.24, 2.45) is 0 Å². The molecule has 0 unspecified atom stereocenters. The first-order chi connectivity index (χ1) is 7.74. The number of para-hydroxylation sites is 2. The SMILES string of the molecule is C=CCN1CCN(c2ccccc2N)C1=O. The molecule has 0 aliphatic carbocycles. The van der Waals surface area contributed by atoms with E-state index in [1.165, 1.54) is 0 Å². The summed E-state index contributed by atoms with van der Waals surface area (Å²) in [7, 11) is 0. The van der Waals surface area contributed by atoms with Crippen molar-refractivity contribution in [2.45, 2.75) is 0 Å². The molecule has 0 spiro atoms. The van der Waals surface area contributed by atoms with Crippen molar-refractivity contribution in [3.63, 3.8) is 0 Å². The van der Waals surface area contributed by atoms with Crippen molar-refractivity contribution in [3.05, 3.63) is 36.9 Å². The van der Waals surface area contributed by atoms with E-state index in [1.54, 1.807) is 21.9 Å². The number of rotatable bonds is 3. The minimum Gasteiger partial charge on any atom is -0.397 e. The molecule has 84 valence electrons. The zero-order valence-corrected chi connectivity index (χ0v) is 9.10. The Hall–Kier alpha value is -1.97. The molecule has 16 heavy (non-hydrogen) atoms. The number of nitrogens with two attached hydrogens (primary N) is 1. The van der Waals surface area contributed by atoms with Crippen molar-refractivity contribution in [3.8, 4) is 0 Å². The molecule has 2 amide bonds. The second kappa shape index (κ2) is 4.26. The number of carbonyl (C=O) groups excluding carboxylic acids is 1. The topological polar surface area (TPSA) is 49.6 Å². The van der Waals surface area contributed by atoms with E-state index < -0.39 is 0 Å². The zero-order valence-electron chi connectivity index (χ0n) is 9.10. The number of hydrogen-bond acceptors (Lipinski definition) is 2. The van der Waals surface area contributed by atoms with Gasteiger partial charge in [0.15, 0.2) is 0 Å². The van der Waals surface area contributed by atoms with Gasteiger partial charge in [0, 0.05) is 19.6 Å². The average Bonchev–Trinajstić information content (AvgIpc) is 2.62. The lowest BCUT2D eigenvalue weighted by Crippen LogP contribution is -2.32. The Morgan fingerprint density at radius 1 is 1.38 bits per heavy atom. The van der Waals surface area contributed by atoms with E-state index in [9.17, 15) is 4.79 Å². The van der Waals surface area contributed by atoms with E-state index in [0.717, 1.165) is 12.2 Å². The highest BCUT2D eigenvalue weighted by Gasteiger charge is 2.29. The molecule has 0 atom stereocenters. The molecule has 4 heteroatoms. The molecule has 2 rings (SSSR count). The monoisotopic (exact) mass is 217 g/mol. The van der Waals surface area contributed by atoms with Crippen LogP contribution in [0.15, 0.2) is 36.9 Å². The van der Waals surface area contributed by atoms with Gasteiger partial charge in [0.1, 0.15) is 0 Å². The fourth-order valence-corrected chi connectivity index (χ4v) is 1.86. The van der Waals surface area contributed by atoms with Gasteiger partial charge in [0.2, 0.25) is 0 Å². The Bertz CT molecular complexity index is 416. The lowest BCUT2D eigenvalue weighted by Gasteiger charge is -2.18. The zero-order chi connectivity index (χ0) is 11.5. The van der Waals surface area contributed by atoms with E-state index in [1.807, 2.05) is 18.2 Å². The number of benzene rings is 1. The molecule has 0 bridgehead atoms. The van der Waals surface area contributed by atoms with Gasteiger partial charge in [-0.2, -0.15) is 0 Å². The summed E-state index contributed by atoms with van der Waals surface area (Å²) in [4.78, 5) is 15.5. The molecule has 4 nitrogen and oxygen atoms in total. The minimum absolute atomic E-state index is 0.00204. The first kappa shape index (κ1) is 10.5. The van der Waals surface area contributed by atoms with Crippen LogP contribution < -0.4 is 10.6 Å². The minimum atomic E-state index is -0.00204. The molecule has 1 aliphatic rings. The van der Waals surface area contributed by atoms with Crippen LogP contribution in [0.4, 0.5) is 16.2 Å². The van der Waals surface area contributed by atoms with Crippen molar-refractivity contribution < 1.29 is 4.79 Å². The van der Waals surface area contributed by atoms with Crippen LogP contribution in [-0.2, 0) is 0 Å². The molecule has 1 heterocycles. The molecular weight excluding hydrogens is 202 g/mol. The Morgan fingerprint density at radius 3 is 2.81 bits per heavy atom. The number of nitrogen functional groups attached to an aromatic ring is 1. The van der Waals surface area contributed by atoms with E-state index >= 15 is 0 Å². The van der Waals surface area contributed by atoms with Crippen LogP contribution in [0.3, 0.4) is 0 Å². The highest BCUT2D eigenvalue weighted by atomic mass is 16.2.